The van der Waals surface area contributed by atoms with Gasteiger partial charge in [0.15, 0.2) is 17.3 Å². The van der Waals surface area contributed by atoms with E-state index in [1.807, 2.05) is 0 Å². The maximum atomic E-state index is 14.6. The summed E-state index contributed by atoms with van der Waals surface area (Å²) < 4.78 is 25.9. The van der Waals surface area contributed by atoms with E-state index in [0.29, 0.717) is 41.8 Å². The van der Waals surface area contributed by atoms with Crippen LogP contribution in [-0.2, 0) is 10.3 Å². The number of rotatable bonds is 2. The van der Waals surface area contributed by atoms with Crippen LogP contribution in [0.4, 0.5) is 4.39 Å². The Kier molecular flexibility index (Phi) is 3.07. The van der Waals surface area contributed by atoms with Gasteiger partial charge in [-0.3, -0.25) is 0 Å². The Balaban J connectivity index is 2.18. The van der Waals surface area contributed by atoms with Gasteiger partial charge in [0.1, 0.15) is 18.8 Å². The zero-order valence-corrected chi connectivity index (χ0v) is 11.6. The molecule has 0 bridgehead atoms. The van der Waals surface area contributed by atoms with Gasteiger partial charge in [0, 0.05) is 10.0 Å². The summed E-state index contributed by atoms with van der Waals surface area (Å²) >= 11 is 3.34. The predicted molar refractivity (Wildman–Crippen MR) is 68.7 cm³/mol. The molecule has 0 aromatic heterocycles. The number of isocyanates is 1. The molecule has 0 unspecified atom stereocenters. The van der Waals surface area contributed by atoms with Crippen molar-refractivity contribution in [3.05, 3.63) is 21.9 Å². The van der Waals surface area contributed by atoms with Gasteiger partial charge >= 0.3 is 0 Å². The Morgan fingerprint density at radius 1 is 1.37 bits per heavy atom. The van der Waals surface area contributed by atoms with Gasteiger partial charge in [-0.1, -0.05) is 15.9 Å². The van der Waals surface area contributed by atoms with Crippen molar-refractivity contribution in [2.24, 2.45) is 4.99 Å². The van der Waals surface area contributed by atoms with E-state index in [-0.39, 0.29) is 5.75 Å². The number of hydrogen-bond donors (Lipinski definition) is 0. The van der Waals surface area contributed by atoms with Crippen molar-refractivity contribution in [2.45, 2.75) is 24.8 Å². The van der Waals surface area contributed by atoms with E-state index in [1.54, 1.807) is 12.1 Å². The molecular formula is C13H11BrFNO3. The second kappa shape index (κ2) is 4.62. The maximum Gasteiger partial charge on any atom is 0.235 e. The van der Waals surface area contributed by atoms with Crippen LogP contribution in [0.15, 0.2) is 15.5 Å². The summed E-state index contributed by atoms with van der Waals surface area (Å²) in [5.41, 5.74) is -0.438. The molecule has 4 nitrogen and oxygen atoms in total. The van der Waals surface area contributed by atoms with Crippen molar-refractivity contribution in [1.82, 2.24) is 0 Å². The first-order valence-electron chi connectivity index (χ1n) is 6.05. The third-order valence-electron chi connectivity index (χ3n) is 3.63. The molecule has 1 heterocycles. The van der Waals surface area contributed by atoms with Crippen molar-refractivity contribution >= 4 is 22.0 Å². The van der Waals surface area contributed by atoms with E-state index >= 15 is 0 Å². The van der Waals surface area contributed by atoms with Gasteiger partial charge in [0.2, 0.25) is 6.08 Å². The topological polar surface area (TPSA) is 47.9 Å². The summed E-state index contributed by atoms with van der Waals surface area (Å²) in [6.45, 7) is 0.713. The molecule has 1 fully saturated rings. The second-order valence-electron chi connectivity index (χ2n) is 4.66. The number of aliphatic imine (C=N–C) groups is 1. The lowest BCUT2D eigenvalue weighted by Crippen LogP contribution is -2.34. The van der Waals surface area contributed by atoms with E-state index in [0.717, 1.165) is 6.42 Å². The van der Waals surface area contributed by atoms with Crippen molar-refractivity contribution in [2.75, 3.05) is 13.2 Å². The van der Waals surface area contributed by atoms with Crippen LogP contribution in [0, 0.1) is 5.82 Å². The zero-order valence-electron chi connectivity index (χ0n) is 10.0. The quantitative estimate of drug-likeness (QED) is 0.619. The highest BCUT2D eigenvalue weighted by atomic mass is 79.9. The smallest absolute Gasteiger partial charge is 0.235 e. The van der Waals surface area contributed by atoms with Crippen molar-refractivity contribution in [3.8, 4) is 11.5 Å². The Labute approximate surface area is 117 Å². The molecule has 3 rings (SSSR count). The monoisotopic (exact) mass is 327 g/mol. The minimum atomic E-state index is -0.805. The van der Waals surface area contributed by atoms with E-state index in [1.165, 1.54) is 0 Å². The minimum absolute atomic E-state index is 0.108. The highest BCUT2D eigenvalue weighted by molar-refractivity contribution is 9.10. The maximum absolute atomic E-state index is 14.6. The number of nitrogens with zero attached hydrogens (tertiary/aromatic N) is 1. The van der Waals surface area contributed by atoms with Crippen LogP contribution in [0.3, 0.4) is 0 Å². The van der Waals surface area contributed by atoms with Crippen LogP contribution < -0.4 is 9.47 Å². The average Bonchev–Trinajstić information content (AvgIpc) is 2.35. The zero-order chi connectivity index (χ0) is 13.5. The molecule has 100 valence electrons. The molecule has 0 amide bonds. The van der Waals surface area contributed by atoms with Crippen LogP contribution in [0.1, 0.15) is 24.8 Å². The first kappa shape index (κ1) is 12.6. The molecule has 1 saturated carbocycles. The molecule has 0 N–H and O–H groups in total. The van der Waals surface area contributed by atoms with Gasteiger partial charge in [-0.25, -0.2) is 9.18 Å². The summed E-state index contributed by atoms with van der Waals surface area (Å²) in [6, 6.07) is 1.67. The fourth-order valence-electron chi connectivity index (χ4n) is 2.56. The number of hydrogen-bond acceptors (Lipinski definition) is 4. The lowest BCUT2D eigenvalue weighted by atomic mass is 9.72. The fourth-order valence-corrected chi connectivity index (χ4v) is 3.31. The molecule has 1 aliphatic heterocycles. The van der Waals surface area contributed by atoms with Crippen LogP contribution in [0.2, 0.25) is 0 Å². The summed E-state index contributed by atoms with van der Waals surface area (Å²) in [5.74, 6) is -0.0106. The van der Waals surface area contributed by atoms with Crippen molar-refractivity contribution in [3.63, 3.8) is 0 Å². The normalized spacial score (nSPS) is 19.3. The molecule has 19 heavy (non-hydrogen) atoms. The second-order valence-corrected chi connectivity index (χ2v) is 5.51. The SMILES string of the molecule is O=C=NC1(c2c(Br)cc3c(c2F)OCCO3)CCC1. The Morgan fingerprint density at radius 3 is 2.74 bits per heavy atom. The standard InChI is InChI=1S/C13H11BrFNO3/c14-8-6-9-12(19-5-4-18-9)11(15)10(8)13(16-7-17)2-1-3-13/h6H,1-5H2. The highest BCUT2D eigenvalue weighted by Gasteiger charge is 2.44. The first-order valence-corrected chi connectivity index (χ1v) is 6.84. The number of fused-ring (bicyclic) bond motifs is 1. The molecule has 1 aliphatic carbocycles. The number of carbonyl (C=O) groups excluding carboxylic acids is 1. The summed E-state index contributed by atoms with van der Waals surface area (Å²) in [4.78, 5) is 14.4. The number of ether oxygens (including phenoxy) is 2. The summed E-state index contributed by atoms with van der Waals surface area (Å²) in [7, 11) is 0. The van der Waals surface area contributed by atoms with Crippen LogP contribution in [-0.4, -0.2) is 19.3 Å². The number of benzene rings is 1. The Morgan fingerprint density at radius 2 is 2.11 bits per heavy atom. The minimum Gasteiger partial charge on any atom is -0.486 e. The lowest BCUT2D eigenvalue weighted by Gasteiger charge is -2.38. The van der Waals surface area contributed by atoms with E-state index in [9.17, 15) is 9.18 Å². The molecule has 6 heteroatoms. The molecule has 1 aromatic rings. The van der Waals surface area contributed by atoms with E-state index in [2.05, 4.69) is 20.9 Å². The fraction of sp³-hybridized carbons (Fsp3) is 0.462. The molecular weight excluding hydrogens is 317 g/mol. The van der Waals surface area contributed by atoms with Gasteiger partial charge in [-0.2, -0.15) is 4.99 Å². The largest absolute Gasteiger partial charge is 0.486 e. The average molecular weight is 328 g/mol. The third-order valence-corrected chi connectivity index (χ3v) is 4.26. The Bertz CT molecular complexity index is 580. The van der Waals surface area contributed by atoms with E-state index < -0.39 is 11.4 Å². The van der Waals surface area contributed by atoms with Crippen molar-refractivity contribution < 1.29 is 18.7 Å². The predicted octanol–water partition coefficient (Wildman–Crippen LogP) is 3.07. The van der Waals surface area contributed by atoms with Gasteiger partial charge in [-0.15, -0.1) is 0 Å². The van der Waals surface area contributed by atoms with Gasteiger partial charge < -0.3 is 9.47 Å². The molecule has 0 spiro atoms. The molecule has 2 aliphatic rings. The number of halogens is 2. The van der Waals surface area contributed by atoms with Gasteiger partial charge in [-0.05, 0) is 25.3 Å². The van der Waals surface area contributed by atoms with E-state index in [4.69, 9.17) is 9.47 Å². The summed E-state index contributed by atoms with van der Waals surface area (Å²) in [5, 5.41) is 0. The first-order chi connectivity index (χ1) is 9.18. The van der Waals surface area contributed by atoms with Crippen LogP contribution >= 0.6 is 15.9 Å². The molecule has 1 aromatic carbocycles. The van der Waals surface area contributed by atoms with Crippen LogP contribution in [0.5, 0.6) is 11.5 Å². The highest BCUT2D eigenvalue weighted by Crippen LogP contribution is 2.51. The van der Waals surface area contributed by atoms with Gasteiger partial charge in [0.25, 0.3) is 0 Å². The van der Waals surface area contributed by atoms with Crippen LogP contribution in [0.25, 0.3) is 0 Å². The Hall–Kier alpha value is -1.39. The molecule has 0 radical (unpaired) electrons. The summed E-state index contributed by atoms with van der Waals surface area (Å²) in [6.07, 6.45) is 3.74. The molecule has 0 saturated heterocycles. The van der Waals surface area contributed by atoms with Gasteiger partial charge in [0.05, 0.1) is 0 Å². The van der Waals surface area contributed by atoms with Crippen molar-refractivity contribution in [1.29, 1.82) is 0 Å². The lowest BCUT2D eigenvalue weighted by molar-refractivity contribution is 0.160. The molecule has 0 atom stereocenters. The third kappa shape index (κ3) is 1.86.